The standard InChI is InChI=1S/C17H13NO3/c19-15(20)10-13-12-8-4-5-9-14(12)18-16(17(13)21)11-6-2-1-3-7-11/h1-9,21H,10H2,(H,19,20). The number of hydrogen-bond acceptors (Lipinski definition) is 3. The van der Waals surface area contributed by atoms with E-state index in [-0.39, 0.29) is 12.2 Å². The molecule has 0 unspecified atom stereocenters. The van der Waals surface area contributed by atoms with Gasteiger partial charge in [-0.05, 0) is 6.07 Å². The summed E-state index contributed by atoms with van der Waals surface area (Å²) in [6.45, 7) is 0. The molecule has 0 atom stereocenters. The number of carboxylic acids is 1. The second-order valence-corrected chi connectivity index (χ2v) is 4.74. The van der Waals surface area contributed by atoms with Crippen LogP contribution in [0, 0.1) is 0 Å². The molecule has 3 rings (SSSR count). The van der Waals surface area contributed by atoms with Crippen molar-refractivity contribution in [1.29, 1.82) is 0 Å². The summed E-state index contributed by atoms with van der Waals surface area (Å²) < 4.78 is 0. The highest BCUT2D eigenvalue weighted by Crippen LogP contribution is 2.35. The molecular weight excluding hydrogens is 266 g/mol. The van der Waals surface area contributed by atoms with Crippen molar-refractivity contribution >= 4 is 16.9 Å². The Morgan fingerprint density at radius 1 is 1.00 bits per heavy atom. The van der Waals surface area contributed by atoms with E-state index in [1.165, 1.54) is 0 Å². The number of fused-ring (bicyclic) bond motifs is 1. The van der Waals surface area contributed by atoms with E-state index in [2.05, 4.69) is 4.98 Å². The summed E-state index contributed by atoms with van der Waals surface area (Å²) >= 11 is 0. The van der Waals surface area contributed by atoms with E-state index in [0.29, 0.717) is 22.2 Å². The van der Waals surface area contributed by atoms with Crippen LogP contribution in [0.15, 0.2) is 54.6 Å². The van der Waals surface area contributed by atoms with Gasteiger partial charge in [0, 0.05) is 16.5 Å². The van der Waals surface area contributed by atoms with E-state index in [4.69, 9.17) is 5.11 Å². The molecule has 1 heterocycles. The Kier molecular flexibility index (Phi) is 3.28. The summed E-state index contributed by atoms with van der Waals surface area (Å²) in [6.07, 6.45) is -0.241. The van der Waals surface area contributed by atoms with Crippen LogP contribution in [0.5, 0.6) is 5.75 Å². The number of nitrogens with zero attached hydrogens (tertiary/aromatic N) is 1. The molecule has 0 radical (unpaired) electrons. The van der Waals surface area contributed by atoms with Gasteiger partial charge in [0.05, 0.1) is 11.9 Å². The number of pyridine rings is 1. The van der Waals surface area contributed by atoms with Crippen molar-refractivity contribution in [3.8, 4) is 17.0 Å². The van der Waals surface area contributed by atoms with Gasteiger partial charge in [0.15, 0.2) is 0 Å². The molecule has 3 aromatic rings. The van der Waals surface area contributed by atoms with E-state index in [1.54, 1.807) is 12.1 Å². The van der Waals surface area contributed by atoms with Crippen molar-refractivity contribution in [1.82, 2.24) is 4.98 Å². The predicted octanol–water partition coefficient (Wildman–Crippen LogP) is 3.23. The van der Waals surface area contributed by atoms with Crippen LogP contribution in [-0.4, -0.2) is 21.2 Å². The van der Waals surface area contributed by atoms with Gasteiger partial charge in [-0.3, -0.25) is 4.79 Å². The smallest absolute Gasteiger partial charge is 0.307 e. The molecule has 0 saturated heterocycles. The third-order valence-electron chi connectivity index (χ3n) is 3.35. The summed E-state index contributed by atoms with van der Waals surface area (Å²) in [5, 5.41) is 20.2. The first kappa shape index (κ1) is 13.1. The zero-order valence-corrected chi connectivity index (χ0v) is 11.2. The largest absolute Gasteiger partial charge is 0.505 e. The van der Waals surface area contributed by atoms with Gasteiger partial charge in [-0.25, -0.2) is 4.98 Å². The molecule has 21 heavy (non-hydrogen) atoms. The maximum atomic E-state index is 11.1. The van der Waals surface area contributed by atoms with Crippen LogP contribution in [-0.2, 0) is 11.2 Å². The zero-order valence-electron chi connectivity index (χ0n) is 11.2. The fourth-order valence-electron chi connectivity index (χ4n) is 2.40. The zero-order chi connectivity index (χ0) is 14.8. The van der Waals surface area contributed by atoms with Crippen LogP contribution in [0.3, 0.4) is 0 Å². The predicted molar refractivity (Wildman–Crippen MR) is 80.2 cm³/mol. The topological polar surface area (TPSA) is 70.4 Å². The quantitative estimate of drug-likeness (QED) is 0.772. The molecule has 2 aromatic carbocycles. The van der Waals surface area contributed by atoms with Gasteiger partial charge < -0.3 is 10.2 Å². The highest BCUT2D eigenvalue weighted by molar-refractivity contribution is 5.91. The van der Waals surface area contributed by atoms with Gasteiger partial charge in [0.2, 0.25) is 0 Å². The molecule has 1 aromatic heterocycles. The summed E-state index contributed by atoms with van der Waals surface area (Å²) in [6, 6.07) is 16.5. The fourth-order valence-corrected chi connectivity index (χ4v) is 2.40. The number of carboxylic acid groups (broad SMARTS) is 1. The molecule has 0 aliphatic heterocycles. The Morgan fingerprint density at radius 3 is 2.38 bits per heavy atom. The first-order valence-corrected chi connectivity index (χ1v) is 6.54. The summed E-state index contributed by atoms with van der Waals surface area (Å²) in [5.41, 5.74) is 2.23. The lowest BCUT2D eigenvalue weighted by Crippen LogP contribution is -2.03. The Bertz CT molecular complexity index is 813. The molecule has 0 aliphatic carbocycles. The maximum Gasteiger partial charge on any atom is 0.307 e. The first-order valence-electron chi connectivity index (χ1n) is 6.54. The SMILES string of the molecule is O=C(O)Cc1c(O)c(-c2ccccc2)nc2ccccc12. The highest BCUT2D eigenvalue weighted by atomic mass is 16.4. The van der Waals surface area contributed by atoms with E-state index in [9.17, 15) is 9.90 Å². The lowest BCUT2D eigenvalue weighted by molar-refractivity contribution is -0.136. The number of hydrogen-bond donors (Lipinski definition) is 2. The molecule has 104 valence electrons. The molecule has 0 fully saturated rings. The van der Waals surface area contributed by atoms with E-state index >= 15 is 0 Å². The van der Waals surface area contributed by atoms with Gasteiger partial charge in [-0.2, -0.15) is 0 Å². The molecule has 0 aliphatic rings. The lowest BCUT2D eigenvalue weighted by atomic mass is 10.0. The Hall–Kier alpha value is -2.88. The number of benzene rings is 2. The number of aromatic nitrogens is 1. The van der Waals surface area contributed by atoms with Gasteiger partial charge in [0.1, 0.15) is 11.4 Å². The summed E-state index contributed by atoms with van der Waals surface area (Å²) in [4.78, 5) is 15.6. The number of para-hydroxylation sites is 1. The molecule has 4 nitrogen and oxygen atoms in total. The van der Waals surface area contributed by atoms with Crippen LogP contribution in [0.2, 0.25) is 0 Å². The van der Waals surface area contributed by atoms with Crippen molar-refractivity contribution in [2.75, 3.05) is 0 Å². The average Bonchev–Trinajstić information content (AvgIpc) is 2.50. The second-order valence-electron chi connectivity index (χ2n) is 4.74. The molecular formula is C17H13NO3. The van der Waals surface area contributed by atoms with Gasteiger partial charge >= 0.3 is 5.97 Å². The molecule has 2 N–H and O–H groups in total. The summed E-state index contributed by atoms with van der Waals surface area (Å²) in [7, 11) is 0. The number of rotatable bonds is 3. The van der Waals surface area contributed by atoms with Crippen molar-refractivity contribution in [3.63, 3.8) is 0 Å². The lowest BCUT2D eigenvalue weighted by Gasteiger charge is -2.12. The number of carbonyl (C=O) groups is 1. The van der Waals surface area contributed by atoms with Crippen molar-refractivity contribution in [2.24, 2.45) is 0 Å². The highest BCUT2D eigenvalue weighted by Gasteiger charge is 2.17. The van der Waals surface area contributed by atoms with Crippen LogP contribution in [0.4, 0.5) is 0 Å². The third-order valence-corrected chi connectivity index (χ3v) is 3.35. The molecule has 0 amide bonds. The Labute approximate surface area is 121 Å². The molecule has 0 saturated carbocycles. The van der Waals surface area contributed by atoms with Crippen LogP contribution in [0.25, 0.3) is 22.2 Å². The van der Waals surface area contributed by atoms with E-state index in [1.807, 2.05) is 42.5 Å². The Morgan fingerprint density at radius 2 is 1.67 bits per heavy atom. The monoisotopic (exact) mass is 279 g/mol. The molecule has 4 heteroatoms. The van der Waals surface area contributed by atoms with E-state index in [0.717, 1.165) is 5.56 Å². The van der Waals surface area contributed by atoms with Gasteiger partial charge in [-0.1, -0.05) is 48.5 Å². The number of aromatic hydroxyl groups is 1. The van der Waals surface area contributed by atoms with Gasteiger partial charge in [-0.15, -0.1) is 0 Å². The first-order chi connectivity index (χ1) is 10.2. The van der Waals surface area contributed by atoms with Gasteiger partial charge in [0.25, 0.3) is 0 Å². The molecule has 0 bridgehead atoms. The van der Waals surface area contributed by atoms with Crippen LogP contribution in [0.1, 0.15) is 5.56 Å². The van der Waals surface area contributed by atoms with Crippen molar-refractivity contribution in [3.05, 3.63) is 60.2 Å². The van der Waals surface area contributed by atoms with E-state index < -0.39 is 5.97 Å². The van der Waals surface area contributed by atoms with Crippen LogP contribution < -0.4 is 0 Å². The van der Waals surface area contributed by atoms with Crippen molar-refractivity contribution in [2.45, 2.75) is 6.42 Å². The fraction of sp³-hybridized carbons (Fsp3) is 0.0588. The average molecular weight is 279 g/mol. The summed E-state index contributed by atoms with van der Waals surface area (Å²) in [5.74, 6) is -1.05. The second kappa shape index (κ2) is 5.25. The normalized spacial score (nSPS) is 10.7. The number of aliphatic carboxylic acids is 1. The molecule has 0 spiro atoms. The Balaban J connectivity index is 2.32. The minimum atomic E-state index is -0.985. The minimum absolute atomic E-state index is 0.0673. The van der Waals surface area contributed by atoms with Crippen LogP contribution >= 0.6 is 0 Å². The maximum absolute atomic E-state index is 11.1. The van der Waals surface area contributed by atoms with Crippen molar-refractivity contribution < 1.29 is 15.0 Å². The third kappa shape index (κ3) is 2.43. The minimum Gasteiger partial charge on any atom is -0.505 e.